The molecule has 1 aromatic carbocycles. The molecule has 1 aromatic heterocycles. The maximum Gasteiger partial charge on any atom is 0.148 e. The predicted octanol–water partition coefficient (Wildman–Crippen LogP) is 4.18. The third-order valence-corrected chi connectivity index (χ3v) is 3.87. The standard InChI is InChI=1S/C14H16ClNOS/c1-9-5-6-11(15)8-12(9)17-14(10(2)16)13-4-3-7-18-13/h3-8,10,14H,16H2,1-2H3. The predicted molar refractivity (Wildman–Crippen MR) is 77.5 cm³/mol. The molecule has 2 unspecified atom stereocenters. The average Bonchev–Trinajstić information content (AvgIpc) is 2.83. The molecule has 2 nitrogen and oxygen atoms in total. The molecule has 2 aromatic rings. The van der Waals surface area contributed by atoms with Crippen molar-refractivity contribution >= 4 is 22.9 Å². The molecule has 0 amide bonds. The zero-order valence-corrected chi connectivity index (χ0v) is 12.0. The van der Waals surface area contributed by atoms with Gasteiger partial charge in [-0.2, -0.15) is 0 Å². The minimum atomic E-state index is -0.137. The van der Waals surface area contributed by atoms with Gasteiger partial charge in [-0.3, -0.25) is 0 Å². The van der Waals surface area contributed by atoms with Gasteiger partial charge in [0.1, 0.15) is 11.9 Å². The van der Waals surface area contributed by atoms with Gasteiger partial charge >= 0.3 is 0 Å². The number of hydrogen-bond acceptors (Lipinski definition) is 3. The van der Waals surface area contributed by atoms with Crippen molar-refractivity contribution < 1.29 is 4.74 Å². The highest BCUT2D eigenvalue weighted by Gasteiger charge is 2.20. The lowest BCUT2D eigenvalue weighted by atomic mass is 10.1. The Labute approximate surface area is 116 Å². The van der Waals surface area contributed by atoms with Gasteiger partial charge in [0.2, 0.25) is 0 Å². The van der Waals surface area contributed by atoms with Gasteiger partial charge in [0, 0.05) is 15.9 Å². The second-order valence-corrected chi connectivity index (χ2v) is 5.74. The Kier molecular flexibility index (Phi) is 4.27. The third kappa shape index (κ3) is 3.05. The van der Waals surface area contributed by atoms with Gasteiger partial charge < -0.3 is 10.5 Å². The van der Waals surface area contributed by atoms with E-state index >= 15 is 0 Å². The van der Waals surface area contributed by atoms with Crippen molar-refractivity contribution in [2.24, 2.45) is 5.73 Å². The summed E-state index contributed by atoms with van der Waals surface area (Å²) in [6, 6.07) is 9.60. The fraction of sp³-hybridized carbons (Fsp3) is 0.286. The minimum Gasteiger partial charge on any atom is -0.483 e. The van der Waals surface area contributed by atoms with Crippen LogP contribution in [0.5, 0.6) is 5.75 Å². The van der Waals surface area contributed by atoms with E-state index in [1.165, 1.54) is 0 Å². The van der Waals surface area contributed by atoms with E-state index in [0.717, 1.165) is 16.2 Å². The zero-order valence-electron chi connectivity index (χ0n) is 10.4. The number of aryl methyl sites for hydroxylation is 1. The molecule has 0 fully saturated rings. The fourth-order valence-corrected chi connectivity index (χ4v) is 2.75. The second kappa shape index (κ2) is 5.74. The first kappa shape index (κ1) is 13.4. The molecule has 2 N–H and O–H groups in total. The first-order valence-corrected chi connectivity index (χ1v) is 7.05. The van der Waals surface area contributed by atoms with Gasteiger partial charge in [0.25, 0.3) is 0 Å². The third-order valence-electron chi connectivity index (χ3n) is 2.71. The van der Waals surface area contributed by atoms with Crippen molar-refractivity contribution in [1.82, 2.24) is 0 Å². The smallest absolute Gasteiger partial charge is 0.148 e. The van der Waals surface area contributed by atoms with Gasteiger partial charge in [-0.1, -0.05) is 23.7 Å². The topological polar surface area (TPSA) is 35.2 Å². The summed E-state index contributed by atoms with van der Waals surface area (Å²) < 4.78 is 6.03. The lowest BCUT2D eigenvalue weighted by Gasteiger charge is -2.22. The van der Waals surface area contributed by atoms with Crippen molar-refractivity contribution in [2.45, 2.75) is 26.0 Å². The van der Waals surface area contributed by atoms with Crippen LogP contribution < -0.4 is 10.5 Å². The number of hydrogen-bond donors (Lipinski definition) is 1. The molecule has 0 aliphatic carbocycles. The maximum atomic E-state index is 6.03. The Morgan fingerprint density at radius 1 is 1.33 bits per heavy atom. The monoisotopic (exact) mass is 281 g/mol. The molecule has 18 heavy (non-hydrogen) atoms. The number of halogens is 1. The number of thiophene rings is 1. The summed E-state index contributed by atoms with van der Waals surface area (Å²) >= 11 is 7.65. The van der Waals surface area contributed by atoms with Crippen LogP contribution in [0.15, 0.2) is 35.7 Å². The molecule has 96 valence electrons. The minimum absolute atomic E-state index is 0.0815. The quantitative estimate of drug-likeness (QED) is 0.912. The van der Waals surface area contributed by atoms with Crippen molar-refractivity contribution in [2.75, 3.05) is 0 Å². The molecular weight excluding hydrogens is 266 g/mol. The largest absolute Gasteiger partial charge is 0.483 e. The molecule has 2 rings (SSSR count). The molecule has 4 heteroatoms. The lowest BCUT2D eigenvalue weighted by molar-refractivity contribution is 0.183. The van der Waals surface area contributed by atoms with Crippen LogP contribution >= 0.6 is 22.9 Å². The molecule has 0 aliphatic rings. The van der Waals surface area contributed by atoms with Crippen molar-refractivity contribution in [3.8, 4) is 5.75 Å². The normalized spacial score (nSPS) is 14.2. The van der Waals surface area contributed by atoms with Crippen molar-refractivity contribution in [3.63, 3.8) is 0 Å². The zero-order chi connectivity index (χ0) is 13.1. The molecule has 0 radical (unpaired) electrons. The van der Waals surface area contributed by atoms with Crippen LogP contribution in [-0.2, 0) is 0 Å². The van der Waals surface area contributed by atoms with Gasteiger partial charge in [-0.25, -0.2) is 0 Å². The van der Waals surface area contributed by atoms with E-state index in [0.29, 0.717) is 5.02 Å². The van der Waals surface area contributed by atoms with Crippen molar-refractivity contribution in [3.05, 3.63) is 51.2 Å². The molecule has 2 atom stereocenters. The highest BCUT2D eigenvalue weighted by Crippen LogP contribution is 2.31. The number of rotatable bonds is 4. The molecule has 0 saturated carbocycles. The lowest BCUT2D eigenvalue weighted by Crippen LogP contribution is -2.28. The van der Waals surface area contributed by atoms with E-state index in [4.69, 9.17) is 22.1 Å². The summed E-state index contributed by atoms with van der Waals surface area (Å²) in [5.41, 5.74) is 7.07. The highest BCUT2D eigenvalue weighted by molar-refractivity contribution is 7.10. The van der Waals surface area contributed by atoms with Gasteiger partial charge in [0.15, 0.2) is 0 Å². The first-order chi connectivity index (χ1) is 8.58. The molecular formula is C14H16ClNOS. The van der Waals surface area contributed by atoms with E-state index in [9.17, 15) is 0 Å². The summed E-state index contributed by atoms with van der Waals surface area (Å²) in [6.45, 7) is 3.95. The van der Waals surface area contributed by atoms with Gasteiger partial charge in [-0.15, -0.1) is 11.3 Å². The molecule has 0 bridgehead atoms. The molecule has 0 saturated heterocycles. The van der Waals surface area contributed by atoms with E-state index in [1.54, 1.807) is 11.3 Å². The average molecular weight is 282 g/mol. The van der Waals surface area contributed by atoms with Crippen LogP contribution in [0.25, 0.3) is 0 Å². The van der Waals surface area contributed by atoms with E-state index in [1.807, 2.05) is 49.6 Å². The van der Waals surface area contributed by atoms with Gasteiger partial charge in [-0.05, 0) is 43.0 Å². The molecule has 0 aliphatic heterocycles. The van der Waals surface area contributed by atoms with Crippen molar-refractivity contribution in [1.29, 1.82) is 0 Å². The Morgan fingerprint density at radius 2 is 2.11 bits per heavy atom. The van der Waals surface area contributed by atoms with Crippen LogP contribution in [0.3, 0.4) is 0 Å². The number of benzene rings is 1. The summed E-state index contributed by atoms with van der Waals surface area (Å²) in [5.74, 6) is 0.790. The van der Waals surface area contributed by atoms with Crippen LogP contribution in [0.2, 0.25) is 5.02 Å². The van der Waals surface area contributed by atoms with Crippen LogP contribution in [0.1, 0.15) is 23.5 Å². The van der Waals surface area contributed by atoms with E-state index in [2.05, 4.69) is 0 Å². The highest BCUT2D eigenvalue weighted by atomic mass is 35.5. The molecule has 0 spiro atoms. The Hall–Kier alpha value is -1.03. The number of nitrogens with two attached hydrogens (primary N) is 1. The Bertz CT molecular complexity index is 511. The summed E-state index contributed by atoms with van der Waals surface area (Å²) in [5, 5.41) is 2.70. The molecule has 1 heterocycles. The van der Waals surface area contributed by atoms with Crippen LogP contribution in [-0.4, -0.2) is 6.04 Å². The summed E-state index contributed by atoms with van der Waals surface area (Å²) in [6.07, 6.45) is -0.137. The maximum absolute atomic E-state index is 6.03. The SMILES string of the molecule is Cc1ccc(Cl)cc1OC(c1cccs1)C(C)N. The first-order valence-electron chi connectivity index (χ1n) is 5.79. The Morgan fingerprint density at radius 3 is 2.72 bits per heavy atom. The fourth-order valence-electron chi connectivity index (χ4n) is 1.72. The van der Waals surface area contributed by atoms with Crippen LogP contribution in [0, 0.1) is 6.92 Å². The summed E-state index contributed by atoms with van der Waals surface area (Å²) in [7, 11) is 0. The Balaban J connectivity index is 2.27. The van der Waals surface area contributed by atoms with E-state index in [-0.39, 0.29) is 12.1 Å². The van der Waals surface area contributed by atoms with E-state index < -0.39 is 0 Å². The summed E-state index contributed by atoms with van der Waals surface area (Å²) in [4.78, 5) is 1.13. The van der Waals surface area contributed by atoms with Crippen LogP contribution in [0.4, 0.5) is 0 Å². The number of ether oxygens (including phenoxy) is 1. The second-order valence-electron chi connectivity index (χ2n) is 4.32. The van der Waals surface area contributed by atoms with Gasteiger partial charge in [0.05, 0.1) is 0 Å².